The van der Waals surface area contributed by atoms with Crippen molar-refractivity contribution in [3.8, 4) is 0 Å². The fourth-order valence-electron chi connectivity index (χ4n) is 4.65. The van der Waals surface area contributed by atoms with Crippen LogP contribution in [0.25, 0.3) is 10.8 Å². The van der Waals surface area contributed by atoms with Crippen molar-refractivity contribution >= 4 is 22.6 Å². The number of carbonyl (C=O) groups excluding carboxylic acids is 2. The first kappa shape index (κ1) is 23.8. The van der Waals surface area contributed by atoms with Crippen molar-refractivity contribution in [2.75, 3.05) is 19.7 Å². The third kappa shape index (κ3) is 5.83. The molecule has 1 aliphatic heterocycles. The van der Waals surface area contributed by atoms with Crippen molar-refractivity contribution in [1.82, 2.24) is 9.80 Å². The molecule has 1 aliphatic rings. The molecule has 0 radical (unpaired) electrons. The second-order valence-electron chi connectivity index (χ2n) is 9.20. The lowest BCUT2D eigenvalue weighted by Gasteiger charge is -2.29. The summed E-state index contributed by atoms with van der Waals surface area (Å²) in [6, 6.07) is 27.2. The average molecular weight is 483 g/mol. The zero-order valence-electron chi connectivity index (χ0n) is 20.2. The molecular weight excluding hydrogens is 452 g/mol. The quantitative estimate of drug-likeness (QED) is 0.326. The smallest absolute Gasteiger partial charge is 0.254 e. The predicted octanol–water partition coefficient (Wildman–Crippen LogP) is 5.28. The molecule has 2 heterocycles. The SMILES string of the molecule is O=C(CN(CC1CCCO1)C(=O)c1ccc2ccccc2c1)N(Cc1ccccc1)Cc1ccco1. The minimum atomic E-state index is -0.165. The summed E-state index contributed by atoms with van der Waals surface area (Å²) in [6.45, 7) is 1.81. The molecule has 2 amide bonds. The minimum Gasteiger partial charge on any atom is -0.467 e. The lowest BCUT2D eigenvalue weighted by Crippen LogP contribution is -2.45. The Balaban J connectivity index is 1.39. The molecule has 1 saturated heterocycles. The fourth-order valence-corrected chi connectivity index (χ4v) is 4.65. The van der Waals surface area contributed by atoms with Gasteiger partial charge in [0.05, 0.1) is 18.9 Å². The Hall–Kier alpha value is -3.90. The Morgan fingerprint density at radius 2 is 1.64 bits per heavy atom. The third-order valence-corrected chi connectivity index (χ3v) is 6.55. The van der Waals surface area contributed by atoms with Crippen molar-refractivity contribution in [2.24, 2.45) is 0 Å². The van der Waals surface area contributed by atoms with Crippen LogP contribution >= 0.6 is 0 Å². The summed E-state index contributed by atoms with van der Waals surface area (Å²) in [5.41, 5.74) is 1.59. The first-order chi connectivity index (χ1) is 17.7. The van der Waals surface area contributed by atoms with Crippen LogP contribution in [0.4, 0.5) is 0 Å². The molecule has 6 heteroatoms. The van der Waals surface area contributed by atoms with Crippen molar-refractivity contribution in [1.29, 1.82) is 0 Å². The molecule has 184 valence electrons. The van der Waals surface area contributed by atoms with E-state index in [9.17, 15) is 9.59 Å². The number of fused-ring (bicyclic) bond motifs is 1. The van der Waals surface area contributed by atoms with Crippen LogP contribution in [-0.4, -0.2) is 47.4 Å². The van der Waals surface area contributed by atoms with E-state index in [1.54, 1.807) is 16.1 Å². The molecule has 0 bridgehead atoms. The summed E-state index contributed by atoms with van der Waals surface area (Å²) in [5.74, 6) is 0.399. The van der Waals surface area contributed by atoms with Crippen molar-refractivity contribution < 1.29 is 18.7 Å². The number of furan rings is 1. The number of hydrogen-bond acceptors (Lipinski definition) is 4. The van der Waals surface area contributed by atoms with Crippen molar-refractivity contribution in [3.63, 3.8) is 0 Å². The Kier molecular flexibility index (Phi) is 7.43. The molecule has 1 aromatic heterocycles. The molecule has 0 N–H and O–H groups in total. The first-order valence-electron chi connectivity index (χ1n) is 12.4. The molecule has 4 aromatic rings. The van der Waals surface area contributed by atoms with Crippen LogP contribution in [0.2, 0.25) is 0 Å². The lowest BCUT2D eigenvalue weighted by molar-refractivity contribution is -0.133. The van der Waals surface area contributed by atoms with E-state index in [4.69, 9.17) is 9.15 Å². The third-order valence-electron chi connectivity index (χ3n) is 6.55. The van der Waals surface area contributed by atoms with Crippen LogP contribution in [0.15, 0.2) is 95.6 Å². The van der Waals surface area contributed by atoms with E-state index in [2.05, 4.69) is 0 Å². The molecule has 5 rings (SSSR count). The molecule has 1 fully saturated rings. The van der Waals surface area contributed by atoms with Gasteiger partial charge in [0, 0.05) is 25.3 Å². The summed E-state index contributed by atoms with van der Waals surface area (Å²) in [7, 11) is 0. The van der Waals surface area contributed by atoms with Crippen LogP contribution in [0.1, 0.15) is 34.5 Å². The zero-order valence-corrected chi connectivity index (χ0v) is 20.2. The maximum absolute atomic E-state index is 13.7. The molecule has 0 saturated carbocycles. The number of benzene rings is 3. The van der Waals surface area contributed by atoms with E-state index in [-0.39, 0.29) is 24.5 Å². The molecule has 0 aliphatic carbocycles. The van der Waals surface area contributed by atoms with E-state index in [0.717, 1.165) is 29.2 Å². The monoisotopic (exact) mass is 482 g/mol. The fraction of sp³-hybridized carbons (Fsp3) is 0.267. The van der Waals surface area contributed by atoms with Crippen LogP contribution in [0, 0.1) is 0 Å². The van der Waals surface area contributed by atoms with Crippen LogP contribution < -0.4 is 0 Å². The van der Waals surface area contributed by atoms with E-state index < -0.39 is 0 Å². The molecule has 1 atom stereocenters. The second-order valence-corrected chi connectivity index (χ2v) is 9.20. The highest BCUT2D eigenvalue weighted by atomic mass is 16.5. The summed E-state index contributed by atoms with van der Waals surface area (Å²) in [4.78, 5) is 30.7. The normalized spacial score (nSPS) is 15.2. The molecule has 0 spiro atoms. The number of rotatable bonds is 9. The second kappa shape index (κ2) is 11.2. The predicted molar refractivity (Wildman–Crippen MR) is 138 cm³/mol. The van der Waals surface area contributed by atoms with E-state index in [1.807, 2.05) is 84.9 Å². The van der Waals surface area contributed by atoms with Gasteiger partial charge in [-0.1, -0.05) is 60.7 Å². The van der Waals surface area contributed by atoms with Gasteiger partial charge in [0.25, 0.3) is 5.91 Å². The molecule has 1 unspecified atom stereocenters. The minimum absolute atomic E-state index is 0.0287. The summed E-state index contributed by atoms with van der Waals surface area (Å²) in [6.07, 6.45) is 3.40. The summed E-state index contributed by atoms with van der Waals surface area (Å²) < 4.78 is 11.4. The Labute approximate surface area is 211 Å². The Bertz CT molecular complexity index is 1300. The van der Waals surface area contributed by atoms with Crippen molar-refractivity contribution in [2.45, 2.75) is 32.0 Å². The number of amides is 2. The Morgan fingerprint density at radius 1 is 0.833 bits per heavy atom. The van der Waals surface area contributed by atoms with Gasteiger partial charge in [0.15, 0.2) is 0 Å². The van der Waals surface area contributed by atoms with Crippen LogP contribution in [0.5, 0.6) is 0 Å². The van der Waals surface area contributed by atoms with E-state index in [1.165, 1.54) is 0 Å². The highest BCUT2D eigenvalue weighted by Crippen LogP contribution is 2.20. The van der Waals surface area contributed by atoms with Gasteiger partial charge in [0.1, 0.15) is 12.3 Å². The molecular formula is C30H30N2O4. The number of nitrogens with zero attached hydrogens (tertiary/aromatic N) is 2. The van der Waals surface area contributed by atoms with Gasteiger partial charge < -0.3 is 19.0 Å². The highest BCUT2D eigenvalue weighted by Gasteiger charge is 2.27. The molecule has 3 aromatic carbocycles. The molecule has 36 heavy (non-hydrogen) atoms. The van der Waals surface area contributed by atoms with Gasteiger partial charge in [-0.2, -0.15) is 0 Å². The van der Waals surface area contributed by atoms with Gasteiger partial charge in [-0.25, -0.2) is 0 Å². The van der Waals surface area contributed by atoms with E-state index >= 15 is 0 Å². The number of carbonyl (C=O) groups is 2. The maximum atomic E-state index is 13.7. The zero-order chi connectivity index (χ0) is 24.7. The standard InChI is InChI=1S/C30H30N2O4/c33-29(31(20-27-12-6-16-35-27)19-23-8-2-1-3-9-23)22-32(21-28-13-7-17-36-28)30(34)26-15-14-24-10-4-5-11-25(24)18-26/h1-6,8-12,14-16,18,28H,7,13,17,19-22H2. The van der Waals surface area contributed by atoms with Crippen LogP contribution in [0.3, 0.4) is 0 Å². The number of hydrogen-bond donors (Lipinski definition) is 0. The van der Waals surface area contributed by atoms with Crippen LogP contribution in [-0.2, 0) is 22.6 Å². The maximum Gasteiger partial charge on any atom is 0.254 e. The summed E-state index contributed by atoms with van der Waals surface area (Å²) in [5, 5.41) is 2.07. The number of ether oxygens (including phenoxy) is 1. The van der Waals surface area contributed by atoms with Gasteiger partial charge in [-0.05, 0) is 53.4 Å². The molecule has 6 nitrogen and oxygen atoms in total. The Morgan fingerprint density at radius 3 is 2.39 bits per heavy atom. The topological polar surface area (TPSA) is 63.0 Å². The highest BCUT2D eigenvalue weighted by molar-refractivity contribution is 6.00. The average Bonchev–Trinajstić information content (AvgIpc) is 3.62. The van der Waals surface area contributed by atoms with Gasteiger partial charge in [-0.15, -0.1) is 0 Å². The summed E-state index contributed by atoms with van der Waals surface area (Å²) >= 11 is 0. The van der Waals surface area contributed by atoms with Gasteiger partial charge in [0.2, 0.25) is 5.91 Å². The van der Waals surface area contributed by atoms with Gasteiger partial charge >= 0.3 is 0 Å². The largest absolute Gasteiger partial charge is 0.467 e. The van der Waals surface area contributed by atoms with E-state index in [0.29, 0.717) is 37.6 Å². The first-order valence-corrected chi connectivity index (χ1v) is 12.4. The van der Waals surface area contributed by atoms with Crippen molar-refractivity contribution in [3.05, 3.63) is 108 Å². The lowest BCUT2D eigenvalue weighted by atomic mass is 10.1. The van der Waals surface area contributed by atoms with Gasteiger partial charge in [-0.3, -0.25) is 9.59 Å².